The topological polar surface area (TPSA) is 29.3 Å². The van der Waals surface area contributed by atoms with Crippen LogP contribution in [0.3, 0.4) is 0 Å². The number of thioether (sulfide) groups is 1. The Morgan fingerprint density at radius 2 is 2.06 bits per heavy atom. The molecule has 0 fully saturated rings. The second-order valence-corrected chi connectivity index (χ2v) is 5.56. The first-order chi connectivity index (χ1) is 8.15. The Bertz CT molecular complexity index is 352. The van der Waals surface area contributed by atoms with Crippen LogP contribution in [0.5, 0.6) is 0 Å². The summed E-state index contributed by atoms with van der Waals surface area (Å²) >= 11 is 1.87. The first kappa shape index (κ1) is 14.4. The van der Waals surface area contributed by atoms with E-state index in [0.29, 0.717) is 12.6 Å². The van der Waals surface area contributed by atoms with Crippen LogP contribution in [-0.4, -0.2) is 18.8 Å². The molecule has 1 aromatic carbocycles. The Balaban J connectivity index is 3.10. The number of nitrogens with zero attached hydrogens (tertiary/aromatic N) is 1. The van der Waals surface area contributed by atoms with Crippen molar-refractivity contribution in [2.45, 2.75) is 44.7 Å². The summed E-state index contributed by atoms with van der Waals surface area (Å²) in [6.07, 6.45) is 1.14. The summed E-state index contributed by atoms with van der Waals surface area (Å²) in [5.74, 6) is 1.09. The lowest BCUT2D eigenvalue weighted by Crippen LogP contribution is -2.29. The predicted octanol–water partition coefficient (Wildman–Crippen LogP) is 3.49. The molecule has 0 aliphatic rings. The van der Waals surface area contributed by atoms with E-state index < -0.39 is 0 Å². The molecule has 96 valence electrons. The standard InChI is InChI=1S/C14H24N2S/c1-5-11(3)16(4)13-8-7-9-14(17-6-2)12(13)10-15/h7-9,11H,5-6,10,15H2,1-4H3. The number of anilines is 1. The van der Waals surface area contributed by atoms with E-state index in [9.17, 15) is 0 Å². The molecule has 0 aromatic heterocycles. The molecule has 0 aliphatic heterocycles. The molecule has 0 saturated carbocycles. The fraction of sp³-hybridized carbons (Fsp3) is 0.571. The van der Waals surface area contributed by atoms with Crippen LogP contribution in [-0.2, 0) is 6.54 Å². The van der Waals surface area contributed by atoms with E-state index in [-0.39, 0.29) is 0 Å². The van der Waals surface area contributed by atoms with E-state index in [1.54, 1.807) is 0 Å². The molecule has 1 aromatic rings. The lowest BCUT2D eigenvalue weighted by Gasteiger charge is -2.29. The van der Waals surface area contributed by atoms with Crippen molar-refractivity contribution in [1.29, 1.82) is 0 Å². The summed E-state index contributed by atoms with van der Waals surface area (Å²) in [7, 11) is 2.16. The fourth-order valence-corrected chi connectivity index (χ4v) is 2.74. The molecule has 0 bridgehead atoms. The van der Waals surface area contributed by atoms with Crippen LogP contribution in [0.2, 0.25) is 0 Å². The van der Waals surface area contributed by atoms with Crippen LogP contribution in [0.4, 0.5) is 5.69 Å². The molecule has 1 rings (SSSR count). The lowest BCUT2D eigenvalue weighted by atomic mass is 10.1. The molecule has 0 spiro atoms. The SMILES string of the molecule is CCSc1cccc(N(C)C(C)CC)c1CN. The van der Waals surface area contributed by atoms with E-state index in [1.165, 1.54) is 16.1 Å². The van der Waals surface area contributed by atoms with Crippen molar-refractivity contribution in [3.63, 3.8) is 0 Å². The van der Waals surface area contributed by atoms with Crippen molar-refractivity contribution in [3.8, 4) is 0 Å². The van der Waals surface area contributed by atoms with E-state index in [4.69, 9.17) is 5.73 Å². The van der Waals surface area contributed by atoms with Gasteiger partial charge in [0.1, 0.15) is 0 Å². The molecule has 0 heterocycles. The molecule has 1 unspecified atom stereocenters. The number of hydrogen-bond donors (Lipinski definition) is 1. The Morgan fingerprint density at radius 3 is 2.59 bits per heavy atom. The van der Waals surface area contributed by atoms with Crippen LogP contribution in [0, 0.1) is 0 Å². The van der Waals surface area contributed by atoms with E-state index in [2.05, 4.69) is 50.9 Å². The van der Waals surface area contributed by atoms with Gasteiger partial charge in [0.15, 0.2) is 0 Å². The van der Waals surface area contributed by atoms with Crippen LogP contribution < -0.4 is 10.6 Å². The normalized spacial score (nSPS) is 12.5. The van der Waals surface area contributed by atoms with Crippen molar-refractivity contribution in [2.24, 2.45) is 5.73 Å². The van der Waals surface area contributed by atoms with Crippen molar-refractivity contribution < 1.29 is 0 Å². The maximum Gasteiger partial charge on any atom is 0.0422 e. The fourth-order valence-electron chi connectivity index (χ4n) is 1.89. The van der Waals surface area contributed by atoms with Gasteiger partial charge in [-0.05, 0) is 31.2 Å². The van der Waals surface area contributed by atoms with Gasteiger partial charge in [0.25, 0.3) is 0 Å². The third kappa shape index (κ3) is 3.39. The highest BCUT2D eigenvalue weighted by Crippen LogP contribution is 2.31. The molecule has 0 saturated heterocycles. The van der Waals surface area contributed by atoms with Crippen LogP contribution in [0.1, 0.15) is 32.8 Å². The lowest BCUT2D eigenvalue weighted by molar-refractivity contribution is 0.660. The smallest absolute Gasteiger partial charge is 0.0422 e. The van der Waals surface area contributed by atoms with Crippen molar-refractivity contribution >= 4 is 17.4 Å². The van der Waals surface area contributed by atoms with Crippen molar-refractivity contribution in [3.05, 3.63) is 23.8 Å². The molecule has 0 aliphatic carbocycles. The molecule has 2 N–H and O–H groups in total. The molecular formula is C14H24N2S. The van der Waals surface area contributed by atoms with E-state index in [1.807, 2.05) is 11.8 Å². The Hall–Kier alpha value is -0.670. The number of rotatable bonds is 6. The summed E-state index contributed by atoms with van der Waals surface area (Å²) in [5.41, 5.74) is 8.48. The Morgan fingerprint density at radius 1 is 1.35 bits per heavy atom. The average Bonchev–Trinajstić information content (AvgIpc) is 2.37. The zero-order valence-electron chi connectivity index (χ0n) is 11.4. The monoisotopic (exact) mass is 252 g/mol. The van der Waals surface area contributed by atoms with Crippen LogP contribution >= 0.6 is 11.8 Å². The molecular weight excluding hydrogens is 228 g/mol. The summed E-state index contributed by atoms with van der Waals surface area (Å²) in [5, 5.41) is 0. The summed E-state index contributed by atoms with van der Waals surface area (Å²) in [6.45, 7) is 7.25. The minimum Gasteiger partial charge on any atom is -0.372 e. The van der Waals surface area contributed by atoms with Gasteiger partial charge in [-0.3, -0.25) is 0 Å². The average molecular weight is 252 g/mol. The largest absolute Gasteiger partial charge is 0.372 e. The molecule has 2 nitrogen and oxygen atoms in total. The highest BCUT2D eigenvalue weighted by molar-refractivity contribution is 7.99. The van der Waals surface area contributed by atoms with Gasteiger partial charge in [-0.1, -0.05) is 19.9 Å². The molecule has 17 heavy (non-hydrogen) atoms. The van der Waals surface area contributed by atoms with Gasteiger partial charge in [0.05, 0.1) is 0 Å². The van der Waals surface area contributed by atoms with Gasteiger partial charge in [-0.15, -0.1) is 11.8 Å². The quantitative estimate of drug-likeness (QED) is 0.786. The third-order valence-corrected chi connectivity index (χ3v) is 4.23. The van der Waals surface area contributed by atoms with Crippen LogP contribution in [0.15, 0.2) is 23.1 Å². The maximum atomic E-state index is 5.92. The zero-order valence-corrected chi connectivity index (χ0v) is 12.2. The summed E-state index contributed by atoms with van der Waals surface area (Å²) in [4.78, 5) is 3.66. The maximum absolute atomic E-state index is 5.92. The van der Waals surface area contributed by atoms with Crippen LogP contribution in [0.25, 0.3) is 0 Å². The number of nitrogens with two attached hydrogens (primary N) is 1. The van der Waals surface area contributed by atoms with Crippen molar-refractivity contribution in [1.82, 2.24) is 0 Å². The highest BCUT2D eigenvalue weighted by atomic mass is 32.2. The first-order valence-corrected chi connectivity index (χ1v) is 7.31. The zero-order chi connectivity index (χ0) is 12.8. The van der Waals surface area contributed by atoms with Gasteiger partial charge >= 0.3 is 0 Å². The number of benzene rings is 1. The Labute approximate surface area is 110 Å². The second kappa shape index (κ2) is 6.92. The van der Waals surface area contributed by atoms with Crippen molar-refractivity contribution in [2.75, 3.05) is 17.7 Å². The predicted molar refractivity (Wildman–Crippen MR) is 78.9 cm³/mol. The minimum atomic E-state index is 0.544. The van der Waals surface area contributed by atoms with Gasteiger partial charge in [0, 0.05) is 35.8 Å². The van der Waals surface area contributed by atoms with E-state index >= 15 is 0 Å². The number of hydrogen-bond acceptors (Lipinski definition) is 3. The third-order valence-electron chi connectivity index (χ3n) is 3.24. The molecule has 0 amide bonds. The van der Waals surface area contributed by atoms with Gasteiger partial charge in [-0.25, -0.2) is 0 Å². The van der Waals surface area contributed by atoms with Gasteiger partial charge < -0.3 is 10.6 Å². The minimum absolute atomic E-state index is 0.544. The van der Waals surface area contributed by atoms with Gasteiger partial charge in [-0.2, -0.15) is 0 Å². The van der Waals surface area contributed by atoms with Gasteiger partial charge in [0.2, 0.25) is 0 Å². The molecule has 3 heteroatoms. The summed E-state index contributed by atoms with van der Waals surface area (Å²) in [6, 6.07) is 7.02. The molecule has 0 radical (unpaired) electrons. The highest BCUT2D eigenvalue weighted by Gasteiger charge is 2.14. The first-order valence-electron chi connectivity index (χ1n) is 6.33. The Kier molecular flexibility index (Phi) is 5.86. The summed E-state index contributed by atoms with van der Waals surface area (Å²) < 4.78 is 0. The second-order valence-electron chi connectivity index (χ2n) is 4.26. The molecule has 1 atom stereocenters. The van der Waals surface area contributed by atoms with E-state index in [0.717, 1.165) is 12.2 Å².